The first-order chi connectivity index (χ1) is 18.3. The molecular weight excluding hydrogens is 468 g/mol. The van der Waals surface area contributed by atoms with E-state index in [-0.39, 0.29) is 5.41 Å². The van der Waals surface area contributed by atoms with E-state index in [0.717, 1.165) is 34.4 Å². The molecule has 0 N–H and O–H groups in total. The SMILES string of the molecule is CCC(C)C(c1ccc(OC(C)OOc2c(-c3ccccc3)cccc2-c2ccccc2)cc1)C(C)(C)C. The number of ether oxygens (including phenoxy) is 1. The van der Waals surface area contributed by atoms with Crippen molar-refractivity contribution in [3.63, 3.8) is 0 Å². The van der Waals surface area contributed by atoms with Crippen molar-refractivity contribution in [2.45, 2.75) is 60.2 Å². The second-order valence-corrected chi connectivity index (χ2v) is 11.1. The Morgan fingerprint density at radius 1 is 0.658 bits per heavy atom. The van der Waals surface area contributed by atoms with Crippen LogP contribution in [0.5, 0.6) is 11.5 Å². The van der Waals surface area contributed by atoms with Gasteiger partial charge < -0.3 is 9.62 Å². The zero-order valence-corrected chi connectivity index (χ0v) is 23.5. The summed E-state index contributed by atoms with van der Waals surface area (Å²) in [5.41, 5.74) is 5.56. The van der Waals surface area contributed by atoms with E-state index in [1.165, 1.54) is 5.56 Å². The first-order valence-corrected chi connectivity index (χ1v) is 13.6. The molecule has 3 nitrogen and oxygen atoms in total. The molecule has 0 spiro atoms. The van der Waals surface area contributed by atoms with Gasteiger partial charge >= 0.3 is 0 Å². The molecule has 0 saturated carbocycles. The second-order valence-electron chi connectivity index (χ2n) is 11.1. The Balaban J connectivity index is 1.52. The van der Waals surface area contributed by atoms with E-state index >= 15 is 0 Å². The summed E-state index contributed by atoms with van der Waals surface area (Å²) in [6.45, 7) is 13.4. The highest BCUT2D eigenvalue weighted by Crippen LogP contribution is 2.42. The van der Waals surface area contributed by atoms with E-state index in [4.69, 9.17) is 14.5 Å². The molecule has 38 heavy (non-hydrogen) atoms. The van der Waals surface area contributed by atoms with E-state index in [2.05, 4.69) is 71.0 Å². The van der Waals surface area contributed by atoms with Crippen molar-refractivity contribution >= 4 is 0 Å². The average molecular weight is 509 g/mol. The van der Waals surface area contributed by atoms with Crippen LogP contribution in [0.3, 0.4) is 0 Å². The molecule has 3 heteroatoms. The summed E-state index contributed by atoms with van der Waals surface area (Å²) in [6.07, 6.45) is 0.541. The molecule has 4 aromatic rings. The lowest BCUT2D eigenvalue weighted by atomic mass is 9.69. The van der Waals surface area contributed by atoms with Gasteiger partial charge in [-0.05, 0) is 46.1 Å². The van der Waals surface area contributed by atoms with E-state index in [1.54, 1.807) is 0 Å². The number of benzene rings is 4. The molecule has 4 rings (SSSR count). The third-order valence-electron chi connectivity index (χ3n) is 7.14. The van der Waals surface area contributed by atoms with Gasteiger partial charge in [-0.3, -0.25) is 0 Å². The van der Waals surface area contributed by atoms with Crippen molar-refractivity contribution in [3.8, 4) is 33.8 Å². The third-order valence-corrected chi connectivity index (χ3v) is 7.14. The average Bonchev–Trinajstić information content (AvgIpc) is 2.93. The quantitative estimate of drug-likeness (QED) is 0.121. The number of para-hydroxylation sites is 1. The number of rotatable bonds is 10. The summed E-state index contributed by atoms with van der Waals surface area (Å²) in [5.74, 6) is 2.49. The highest BCUT2D eigenvalue weighted by Gasteiger charge is 2.30. The van der Waals surface area contributed by atoms with E-state index in [9.17, 15) is 0 Å². The van der Waals surface area contributed by atoms with Gasteiger partial charge in [0.15, 0.2) is 5.75 Å². The Labute approximate surface area is 228 Å². The van der Waals surface area contributed by atoms with Crippen LogP contribution < -0.4 is 9.62 Å². The highest BCUT2D eigenvalue weighted by atomic mass is 17.2. The lowest BCUT2D eigenvalue weighted by molar-refractivity contribution is -0.288. The van der Waals surface area contributed by atoms with Gasteiger partial charge in [-0.25, -0.2) is 0 Å². The van der Waals surface area contributed by atoms with Crippen LogP contribution in [0, 0.1) is 11.3 Å². The Morgan fingerprint density at radius 3 is 1.66 bits per heavy atom. The van der Waals surface area contributed by atoms with Gasteiger partial charge in [0.2, 0.25) is 6.29 Å². The number of hydrogen-bond donors (Lipinski definition) is 0. The van der Waals surface area contributed by atoms with E-state index < -0.39 is 6.29 Å². The van der Waals surface area contributed by atoms with Crippen molar-refractivity contribution in [2.24, 2.45) is 11.3 Å². The second kappa shape index (κ2) is 12.3. The molecule has 0 bridgehead atoms. The molecule has 0 aliphatic carbocycles. The van der Waals surface area contributed by atoms with Crippen LogP contribution in [0.2, 0.25) is 0 Å². The summed E-state index contributed by atoms with van der Waals surface area (Å²) in [7, 11) is 0. The largest absolute Gasteiger partial charge is 0.461 e. The van der Waals surface area contributed by atoms with Crippen molar-refractivity contribution < 1.29 is 14.5 Å². The van der Waals surface area contributed by atoms with Crippen LogP contribution in [0.15, 0.2) is 103 Å². The normalized spacial score (nSPS) is 13.9. The Kier molecular flexibility index (Phi) is 8.91. The zero-order valence-electron chi connectivity index (χ0n) is 23.5. The van der Waals surface area contributed by atoms with Crippen molar-refractivity contribution in [1.29, 1.82) is 0 Å². The number of hydrogen-bond acceptors (Lipinski definition) is 3. The summed E-state index contributed by atoms with van der Waals surface area (Å²) in [6, 6.07) is 35.0. The molecule has 4 aromatic carbocycles. The summed E-state index contributed by atoms with van der Waals surface area (Å²) in [4.78, 5) is 11.9. The van der Waals surface area contributed by atoms with Gasteiger partial charge in [0, 0.05) is 18.1 Å². The van der Waals surface area contributed by atoms with E-state index in [1.807, 2.05) is 73.7 Å². The summed E-state index contributed by atoms with van der Waals surface area (Å²) < 4.78 is 6.09. The Bertz CT molecular complexity index is 1220. The Hall–Kier alpha value is -3.56. The molecule has 3 atom stereocenters. The standard InChI is InChI=1S/C35H40O3/c1-7-25(2)33(35(4,5)6)29-21-23-30(24-22-29)36-26(3)37-38-34-31(27-15-10-8-11-16-27)19-14-20-32(34)28-17-12-9-13-18-28/h8-26,33H,7H2,1-6H3. The molecule has 0 aliphatic heterocycles. The summed E-state index contributed by atoms with van der Waals surface area (Å²) in [5, 5.41) is 0. The Morgan fingerprint density at radius 2 is 1.18 bits per heavy atom. The summed E-state index contributed by atoms with van der Waals surface area (Å²) >= 11 is 0. The fourth-order valence-corrected chi connectivity index (χ4v) is 5.32. The molecule has 0 aromatic heterocycles. The third kappa shape index (κ3) is 6.65. The lowest BCUT2D eigenvalue weighted by Crippen LogP contribution is -2.24. The van der Waals surface area contributed by atoms with Gasteiger partial charge in [-0.15, -0.1) is 4.89 Å². The predicted molar refractivity (Wildman–Crippen MR) is 157 cm³/mol. The van der Waals surface area contributed by atoms with Gasteiger partial charge in [0.05, 0.1) is 0 Å². The van der Waals surface area contributed by atoms with Gasteiger partial charge in [-0.2, -0.15) is 0 Å². The topological polar surface area (TPSA) is 27.7 Å². The first-order valence-electron chi connectivity index (χ1n) is 13.6. The van der Waals surface area contributed by atoms with Crippen LogP contribution in [-0.4, -0.2) is 6.29 Å². The monoisotopic (exact) mass is 508 g/mol. The van der Waals surface area contributed by atoms with Crippen LogP contribution in [0.25, 0.3) is 22.3 Å². The molecule has 0 radical (unpaired) electrons. The first kappa shape index (κ1) is 27.5. The minimum Gasteiger partial charge on any atom is -0.461 e. The fourth-order valence-electron chi connectivity index (χ4n) is 5.32. The molecule has 3 unspecified atom stereocenters. The van der Waals surface area contributed by atoms with E-state index in [0.29, 0.717) is 17.6 Å². The van der Waals surface area contributed by atoms with Crippen molar-refractivity contribution in [3.05, 3.63) is 109 Å². The molecular formula is C35H40O3. The zero-order chi connectivity index (χ0) is 27.1. The lowest BCUT2D eigenvalue weighted by Gasteiger charge is -2.36. The minimum absolute atomic E-state index is 0.185. The van der Waals surface area contributed by atoms with Crippen molar-refractivity contribution in [1.82, 2.24) is 0 Å². The molecule has 0 saturated heterocycles. The van der Waals surface area contributed by atoms with Gasteiger partial charge in [0.25, 0.3) is 0 Å². The van der Waals surface area contributed by atoms with Crippen LogP contribution in [-0.2, 0) is 4.89 Å². The molecule has 0 aliphatic rings. The van der Waals surface area contributed by atoms with Gasteiger partial charge in [-0.1, -0.05) is 132 Å². The smallest absolute Gasteiger partial charge is 0.239 e. The van der Waals surface area contributed by atoms with Crippen molar-refractivity contribution in [2.75, 3.05) is 0 Å². The molecule has 0 heterocycles. The maximum absolute atomic E-state index is 6.09. The van der Waals surface area contributed by atoms with Crippen LogP contribution in [0.1, 0.15) is 59.4 Å². The maximum atomic E-state index is 6.09. The van der Waals surface area contributed by atoms with Crippen LogP contribution in [0.4, 0.5) is 0 Å². The minimum atomic E-state index is -0.610. The fraction of sp³-hybridized carbons (Fsp3) is 0.314. The highest BCUT2D eigenvalue weighted by molar-refractivity contribution is 5.82. The maximum Gasteiger partial charge on any atom is 0.239 e. The molecule has 198 valence electrons. The van der Waals surface area contributed by atoms with Crippen LogP contribution >= 0.6 is 0 Å². The van der Waals surface area contributed by atoms with Gasteiger partial charge in [0.1, 0.15) is 5.75 Å². The predicted octanol–water partition coefficient (Wildman–Crippen LogP) is 9.93. The molecule has 0 fully saturated rings. The molecule has 0 amide bonds.